The van der Waals surface area contributed by atoms with E-state index in [0.717, 1.165) is 0 Å². The Morgan fingerprint density at radius 3 is 2.64 bits per heavy atom. The lowest BCUT2D eigenvalue weighted by atomic mass is 9.96. The Hall–Kier alpha value is -1.92. The molecule has 0 saturated carbocycles. The van der Waals surface area contributed by atoms with Crippen molar-refractivity contribution in [3.05, 3.63) is 53.2 Å². The van der Waals surface area contributed by atoms with Crippen molar-refractivity contribution < 1.29 is 18.6 Å². The summed E-state index contributed by atoms with van der Waals surface area (Å²) in [4.78, 5) is 3.94. The molecule has 1 heterocycles. The molecule has 22 heavy (non-hydrogen) atoms. The van der Waals surface area contributed by atoms with Gasteiger partial charge in [-0.1, -0.05) is 29.8 Å². The largest absolute Gasteiger partial charge is 0.433 e. The van der Waals surface area contributed by atoms with E-state index in [-0.39, 0.29) is 12.3 Å². The van der Waals surface area contributed by atoms with Gasteiger partial charge < -0.3 is 15.2 Å². The second kappa shape index (κ2) is 6.89. The second-order valence-electron chi connectivity index (χ2n) is 4.86. The van der Waals surface area contributed by atoms with Crippen molar-refractivity contribution in [1.29, 1.82) is 0 Å². The summed E-state index contributed by atoms with van der Waals surface area (Å²) in [5, 5.41) is 13.9. The molecule has 1 atom stereocenters. The number of hydrogen-bond acceptors (Lipinski definition) is 4. The molecule has 2 rings (SSSR count). The number of alkyl halides is 2. The van der Waals surface area contributed by atoms with Crippen LogP contribution in [-0.4, -0.2) is 23.2 Å². The van der Waals surface area contributed by atoms with Gasteiger partial charge in [0.15, 0.2) is 0 Å². The van der Waals surface area contributed by atoms with Crippen LogP contribution in [-0.2, 0) is 5.60 Å². The highest BCUT2D eigenvalue weighted by molar-refractivity contribution is 6.31. The Morgan fingerprint density at radius 1 is 1.32 bits per heavy atom. The minimum absolute atomic E-state index is 0.0292. The highest BCUT2D eigenvalue weighted by Crippen LogP contribution is 2.28. The van der Waals surface area contributed by atoms with E-state index in [9.17, 15) is 13.9 Å². The van der Waals surface area contributed by atoms with Gasteiger partial charge in [0, 0.05) is 17.1 Å². The molecule has 2 N–H and O–H groups in total. The van der Waals surface area contributed by atoms with E-state index < -0.39 is 12.2 Å². The summed E-state index contributed by atoms with van der Waals surface area (Å²) in [6.45, 7) is -1.12. The van der Waals surface area contributed by atoms with Crippen molar-refractivity contribution in [2.24, 2.45) is 0 Å². The molecule has 0 spiro atoms. The topological polar surface area (TPSA) is 54.4 Å². The van der Waals surface area contributed by atoms with Gasteiger partial charge in [-0.3, -0.25) is 0 Å². The predicted molar refractivity (Wildman–Crippen MR) is 80.4 cm³/mol. The van der Waals surface area contributed by atoms with Crippen LogP contribution in [0.2, 0.25) is 5.02 Å². The van der Waals surface area contributed by atoms with Crippen LogP contribution < -0.4 is 10.1 Å². The van der Waals surface area contributed by atoms with Gasteiger partial charge in [0.25, 0.3) is 0 Å². The van der Waals surface area contributed by atoms with E-state index in [0.29, 0.717) is 16.4 Å². The molecule has 1 unspecified atom stereocenters. The van der Waals surface area contributed by atoms with Gasteiger partial charge in [-0.25, -0.2) is 4.98 Å². The minimum atomic E-state index is -2.89. The lowest BCUT2D eigenvalue weighted by molar-refractivity contribution is -0.0500. The zero-order valence-corrected chi connectivity index (χ0v) is 12.5. The number of aliphatic hydroxyl groups is 1. The van der Waals surface area contributed by atoms with Gasteiger partial charge in [0.2, 0.25) is 0 Å². The van der Waals surface area contributed by atoms with Gasteiger partial charge in [0.05, 0.1) is 6.20 Å². The van der Waals surface area contributed by atoms with Crippen molar-refractivity contribution in [2.75, 3.05) is 11.9 Å². The van der Waals surface area contributed by atoms with Crippen LogP contribution in [0.5, 0.6) is 5.75 Å². The maximum absolute atomic E-state index is 12.0. The first-order chi connectivity index (χ1) is 10.4. The molecular formula is C15H15ClF2N2O2. The molecule has 0 aliphatic carbocycles. The third-order valence-electron chi connectivity index (χ3n) is 3.03. The number of aromatic nitrogens is 1. The number of benzene rings is 1. The molecule has 0 bridgehead atoms. The molecule has 118 valence electrons. The number of nitrogens with zero attached hydrogens (tertiary/aromatic N) is 1. The predicted octanol–water partition coefficient (Wildman–Crippen LogP) is 3.66. The number of nitrogens with one attached hydrogen (secondary N) is 1. The SMILES string of the molecule is CC(O)(CNc1ccc(OC(F)F)cn1)c1ccccc1Cl. The number of pyridine rings is 1. The number of halogens is 3. The number of ether oxygens (including phenoxy) is 1. The van der Waals surface area contributed by atoms with Crippen molar-refractivity contribution >= 4 is 17.4 Å². The first-order valence-electron chi connectivity index (χ1n) is 6.50. The lowest BCUT2D eigenvalue weighted by Gasteiger charge is -2.25. The molecular weight excluding hydrogens is 314 g/mol. The van der Waals surface area contributed by atoms with Gasteiger partial charge in [0.1, 0.15) is 17.2 Å². The lowest BCUT2D eigenvalue weighted by Crippen LogP contribution is -2.31. The maximum Gasteiger partial charge on any atom is 0.387 e. The van der Waals surface area contributed by atoms with Gasteiger partial charge in [-0.15, -0.1) is 0 Å². The summed E-state index contributed by atoms with van der Waals surface area (Å²) < 4.78 is 28.3. The number of anilines is 1. The van der Waals surface area contributed by atoms with Gasteiger partial charge in [-0.2, -0.15) is 8.78 Å². The van der Waals surface area contributed by atoms with Crippen LogP contribution in [0.15, 0.2) is 42.6 Å². The van der Waals surface area contributed by atoms with E-state index in [1.807, 2.05) is 0 Å². The monoisotopic (exact) mass is 328 g/mol. The molecule has 4 nitrogen and oxygen atoms in total. The summed E-state index contributed by atoms with van der Waals surface area (Å²) >= 11 is 6.07. The number of rotatable bonds is 6. The van der Waals surface area contributed by atoms with Gasteiger partial charge >= 0.3 is 6.61 Å². The smallest absolute Gasteiger partial charge is 0.387 e. The molecule has 0 aliphatic rings. The minimum Gasteiger partial charge on any atom is -0.433 e. The molecule has 0 radical (unpaired) electrons. The molecule has 1 aromatic heterocycles. The second-order valence-corrected chi connectivity index (χ2v) is 5.27. The van der Waals surface area contributed by atoms with Crippen LogP contribution in [0.4, 0.5) is 14.6 Å². The third kappa shape index (κ3) is 4.29. The zero-order valence-electron chi connectivity index (χ0n) is 11.8. The first kappa shape index (κ1) is 16.5. The third-order valence-corrected chi connectivity index (χ3v) is 3.36. The van der Waals surface area contributed by atoms with Crippen molar-refractivity contribution in [2.45, 2.75) is 19.1 Å². The van der Waals surface area contributed by atoms with E-state index in [2.05, 4.69) is 15.0 Å². The summed E-state index contributed by atoms with van der Waals surface area (Å²) in [6.07, 6.45) is 1.18. The van der Waals surface area contributed by atoms with Crippen LogP contribution in [0.1, 0.15) is 12.5 Å². The summed E-state index contributed by atoms with van der Waals surface area (Å²) in [5.41, 5.74) is -0.625. The highest BCUT2D eigenvalue weighted by atomic mass is 35.5. The maximum atomic E-state index is 12.0. The van der Waals surface area contributed by atoms with E-state index in [1.165, 1.54) is 18.3 Å². The fourth-order valence-corrected chi connectivity index (χ4v) is 2.25. The van der Waals surface area contributed by atoms with Crippen LogP contribution in [0, 0.1) is 0 Å². The highest BCUT2D eigenvalue weighted by Gasteiger charge is 2.25. The standard InChI is InChI=1S/C15H15ClF2N2O2/c1-15(21,11-4-2-3-5-12(11)16)9-20-13-7-6-10(8-19-13)22-14(17)18/h2-8,14,21H,9H2,1H3,(H,19,20). The Balaban J connectivity index is 2.01. The molecule has 7 heteroatoms. The Bertz CT molecular complexity index is 621. The zero-order chi connectivity index (χ0) is 16.2. The van der Waals surface area contributed by atoms with Gasteiger partial charge in [-0.05, 0) is 25.1 Å². The van der Waals surface area contributed by atoms with Crippen molar-refractivity contribution in [3.63, 3.8) is 0 Å². The summed E-state index contributed by atoms with van der Waals surface area (Å²) in [6, 6.07) is 9.84. The Morgan fingerprint density at radius 2 is 2.05 bits per heavy atom. The van der Waals surface area contributed by atoms with Crippen LogP contribution in [0.3, 0.4) is 0 Å². The molecule has 2 aromatic rings. The first-order valence-corrected chi connectivity index (χ1v) is 6.88. The fourth-order valence-electron chi connectivity index (χ4n) is 1.91. The van der Waals surface area contributed by atoms with Crippen molar-refractivity contribution in [1.82, 2.24) is 4.98 Å². The number of hydrogen-bond donors (Lipinski definition) is 2. The molecule has 1 aromatic carbocycles. The fraction of sp³-hybridized carbons (Fsp3) is 0.267. The van der Waals surface area contributed by atoms with E-state index >= 15 is 0 Å². The quantitative estimate of drug-likeness (QED) is 0.849. The molecule has 0 aliphatic heterocycles. The van der Waals surface area contributed by atoms with E-state index in [4.69, 9.17) is 11.6 Å². The Kier molecular flexibility index (Phi) is 5.15. The summed E-state index contributed by atoms with van der Waals surface area (Å²) in [5.74, 6) is 0.396. The molecule has 0 amide bonds. The molecule has 0 saturated heterocycles. The molecule has 0 fully saturated rings. The van der Waals surface area contributed by atoms with Crippen molar-refractivity contribution in [3.8, 4) is 5.75 Å². The summed E-state index contributed by atoms with van der Waals surface area (Å²) in [7, 11) is 0. The van der Waals surface area contributed by atoms with Crippen LogP contribution in [0.25, 0.3) is 0 Å². The average molecular weight is 329 g/mol. The van der Waals surface area contributed by atoms with Crippen LogP contribution >= 0.6 is 11.6 Å². The normalized spacial score (nSPS) is 13.7. The average Bonchev–Trinajstić information content (AvgIpc) is 2.46. The Labute approximate surface area is 131 Å². The van der Waals surface area contributed by atoms with E-state index in [1.54, 1.807) is 31.2 Å².